The van der Waals surface area contributed by atoms with Crippen molar-refractivity contribution in [2.75, 3.05) is 0 Å². The van der Waals surface area contributed by atoms with Gasteiger partial charge in [0.15, 0.2) is 0 Å². The Morgan fingerprint density at radius 3 is 1.81 bits per heavy atom. The van der Waals surface area contributed by atoms with E-state index in [2.05, 4.69) is 100 Å². The third kappa shape index (κ3) is 2.18. The van der Waals surface area contributed by atoms with Crippen LogP contribution in [0.4, 0.5) is 0 Å². The molecule has 0 bridgehead atoms. The highest BCUT2D eigenvalue weighted by Gasteiger charge is 2.25. The molecule has 0 atom stereocenters. The summed E-state index contributed by atoms with van der Waals surface area (Å²) in [5, 5.41) is 3.49. The van der Waals surface area contributed by atoms with Gasteiger partial charge in [0.05, 0.1) is 21.9 Å². The highest BCUT2D eigenvalue weighted by atomic mass is 16.3. The molecule has 0 unspecified atom stereocenters. The summed E-state index contributed by atoms with van der Waals surface area (Å²) in [6.45, 7) is 0. The SMILES string of the molecule is c1ccc(-n2c3ccccc3c3c2c2c4ccccc4oc2n3-c2ccccc2)cc1. The minimum Gasteiger partial charge on any atom is -0.439 e. The van der Waals surface area contributed by atoms with Crippen molar-refractivity contribution in [1.82, 2.24) is 9.13 Å². The van der Waals surface area contributed by atoms with Crippen molar-refractivity contribution in [2.45, 2.75) is 0 Å². The summed E-state index contributed by atoms with van der Waals surface area (Å²) in [5.74, 6) is 0. The van der Waals surface area contributed by atoms with Gasteiger partial charge < -0.3 is 8.98 Å². The fourth-order valence-corrected chi connectivity index (χ4v) is 4.87. The molecule has 0 aliphatic heterocycles. The smallest absolute Gasteiger partial charge is 0.215 e. The predicted molar refractivity (Wildman–Crippen MR) is 127 cm³/mol. The molecule has 0 N–H and O–H groups in total. The maximum Gasteiger partial charge on any atom is 0.215 e. The van der Waals surface area contributed by atoms with Crippen LogP contribution >= 0.6 is 0 Å². The van der Waals surface area contributed by atoms with E-state index in [9.17, 15) is 0 Å². The van der Waals surface area contributed by atoms with Crippen molar-refractivity contribution >= 4 is 44.0 Å². The summed E-state index contributed by atoms with van der Waals surface area (Å²) in [6, 6.07) is 38.0. The van der Waals surface area contributed by atoms with Crippen molar-refractivity contribution < 1.29 is 4.42 Å². The Labute approximate surface area is 178 Å². The number of hydrogen-bond donors (Lipinski definition) is 0. The number of furan rings is 1. The van der Waals surface area contributed by atoms with E-state index >= 15 is 0 Å². The van der Waals surface area contributed by atoms with E-state index in [0.29, 0.717) is 0 Å². The lowest BCUT2D eigenvalue weighted by Crippen LogP contribution is -1.92. The highest BCUT2D eigenvalue weighted by molar-refractivity contribution is 6.25. The van der Waals surface area contributed by atoms with E-state index in [1.54, 1.807) is 0 Å². The van der Waals surface area contributed by atoms with Crippen molar-refractivity contribution in [3.8, 4) is 11.4 Å². The van der Waals surface area contributed by atoms with Gasteiger partial charge >= 0.3 is 0 Å². The zero-order valence-electron chi connectivity index (χ0n) is 16.7. The zero-order valence-corrected chi connectivity index (χ0v) is 16.7. The Morgan fingerprint density at radius 1 is 0.484 bits per heavy atom. The Morgan fingerprint density at radius 2 is 1.06 bits per heavy atom. The molecule has 3 heteroatoms. The topological polar surface area (TPSA) is 23.0 Å². The number of hydrogen-bond acceptors (Lipinski definition) is 1. The summed E-state index contributed by atoms with van der Waals surface area (Å²) >= 11 is 0. The van der Waals surface area contributed by atoms with Crippen molar-refractivity contribution in [1.29, 1.82) is 0 Å². The third-order valence-corrected chi connectivity index (χ3v) is 6.12. The van der Waals surface area contributed by atoms with E-state index in [1.807, 2.05) is 18.2 Å². The van der Waals surface area contributed by atoms with Crippen LogP contribution in [0.15, 0.2) is 114 Å². The van der Waals surface area contributed by atoms with Gasteiger partial charge in [0.2, 0.25) is 5.71 Å². The molecule has 31 heavy (non-hydrogen) atoms. The number of para-hydroxylation sites is 4. The van der Waals surface area contributed by atoms with Gasteiger partial charge in [-0.05, 0) is 36.4 Å². The van der Waals surface area contributed by atoms with E-state index in [0.717, 1.165) is 33.4 Å². The first kappa shape index (κ1) is 16.5. The van der Waals surface area contributed by atoms with Crippen molar-refractivity contribution in [3.63, 3.8) is 0 Å². The lowest BCUT2D eigenvalue weighted by molar-refractivity contribution is 0.645. The molecule has 0 radical (unpaired) electrons. The average molecular weight is 398 g/mol. The lowest BCUT2D eigenvalue weighted by atomic mass is 10.2. The highest BCUT2D eigenvalue weighted by Crippen LogP contribution is 2.44. The zero-order chi connectivity index (χ0) is 20.4. The van der Waals surface area contributed by atoms with Gasteiger partial charge in [-0.1, -0.05) is 72.8 Å². The molecule has 0 aliphatic rings. The maximum absolute atomic E-state index is 6.47. The molecular formula is C28H18N2O. The van der Waals surface area contributed by atoms with Crippen LogP contribution in [-0.2, 0) is 0 Å². The fraction of sp³-hybridized carbons (Fsp3) is 0. The number of benzene rings is 4. The number of nitrogens with zero attached hydrogens (tertiary/aromatic N) is 2. The molecule has 3 nitrogen and oxygen atoms in total. The van der Waals surface area contributed by atoms with Gasteiger partial charge in [-0.25, -0.2) is 0 Å². The quantitative estimate of drug-likeness (QED) is 0.296. The molecule has 0 amide bonds. The molecule has 3 aromatic heterocycles. The van der Waals surface area contributed by atoms with Crippen molar-refractivity contribution in [2.24, 2.45) is 0 Å². The molecule has 0 saturated heterocycles. The van der Waals surface area contributed by atoms with Crippen LogP contribution < -0.4 is 0 Å². The normalized spacial score (nSPS) is 11.9. The van der Waals surface area contributed by atoms with Crippen LogP contribution in [-0.4, -0.2) is 9.13 Å². The van der Waals surface area contributed by atoms with Crippen LogP contribution in [0.5, 0.6) is 0 Å². The van der Waals surface area contributed by atoms with Crippen LogP contribution in [0.1, 0.15) is 0 Å². The Hall–Kier alpha value is -4.24. The minimum atomic E-state index is 0.882. The van der Waals surface area contributed by atoms with E-state index in [-0.39, 0.29) is 0 Å². The molecule has 0 saturated carbocycles. The number of rotatable bonds is 2. The predicted octanol–water partition coefficient (Wildman–Crippen LogP) is 7.47. The van der Waals surface area contributed by atoms with Crippen LogP contribution in [0.3, 0.4) is 0 Å². The Balaban J connectivity index is 1.82. The number of fused-ring (bicyclic) bond motifs is 7. The van der Waals surface area contributed by atoms with Gasteiger partial charge in [0.1, 0.15) is 5.58 Å². The Bertz CT molecular complexity index is 1720. The van der Waals surface area contributed by atoms with Crippen molar-refractivity contribution in [3.05, 3.63) is 109 Å². The molecule has 7 rings (SSSR count). The van der Waals surface area contributed by atoms with Gasteiger partial charge in [-0.15, -0.1) is 0 Å². The molecule has 3 heterocycles. The average Bonchev–Trinajstić information content (AvgIpc) is 3.46. The standard InChI is InChI=1S/C28H18N2O/c1-3-11-19(12-4-1)29-23-17-9-7-15-21(23)26-27(29)25-22-16-8-10-18-24(22)31-28(25)30(26)20-13-5-2-6-14-20/h1-18H. The molecular weight excluding hydrogens is 380 g/mol. The molecule has 4 aromatic carbocycles. The second-order valence-corrected chi connectivity index (χ2v) is 7.83. The summed E-state index contributed by atoms with van der Waals surface area (Å²) in [4.78, 5) is 0. The van der Waals surface area contributed by atoms with Gasteiger partial charge in [-0.3, -0.25) is 4.57 Å². The summed E-state index contributed by atoms with van der Waals surface area (Å²) in [6.07, 6.45) is 0. The summed E-state index contributed by atoms with van der Waals surface area (Å²) in [5.41, 5.74) is 7.57. The van der Waals surface area contributed by atoms with Gasteiger partial charge in [0.25, 0.3) is 0 Å². The first-order valence-corrected chi connectivity index (χ1v) is 10.5. The molecule has 0 spiro atoms. The summed E-state index contributed by atoms with van der Waals surface area (Å²) < 4.78 is 11.1. The van der Waals surface area contributed by atoms with E-state index in [1.165, 1.54) is 21.9 Å². The van der Waals surface area contributed by atoms with Gasteiger partial charge in [-0.2, -0.15) is 0 Å². The number of aromatic nitrogens is 2. The second kappa shape index (κ2) is 6.13. The van der Waals surface area contributed by atoms with Crippen LogP contribution in [0, 0.1) is 0 Å². The van der Waals surface area contributed by atoms with E-state index < -0.39 is 0 Å². The minimum absolute atomic E-state index is 0.882. The first-order chi connectivity index (χ1) is 15.4. The molecule has 7 aromatic rings. The first-order valence-electron chi connectivity index (χ1n) is 10.5. The molecule has 146 valence electrons. The molecule has 0 fully saturated rings. The molecule has 0 aliphatic carbocycles. The third-order valence-electron chi connectivity index (χ3n) is 6.12. The second-order valence-electron chi connectivity index (χ2n) is 7.83. The van der Waals surface area contributed by atoms with E-state index in [4.69, 9.17) is 4.42 Å². The monoisotopic (exact) mass is 398 g/mol. The van der Waals surface area contributed by atoms with Crippen LogP contribution in [0.25, 0.3) is 55.4 Å². The lowest BCUT2D eigenvalue weighted by Gasteiger charge is -2.06. The summed E-state index contributed by atoms with van der Waals surface area (Å²) in [7, 11) is 0. The fourth-order valence-electron chi connectivity index (χ4n) is 4.87. The van der Waals surface area contributed by atoms with Crippen LogP contribution in [0.2, 0.25) is 0 Å². The largest absolute Gasteiger partial charge is 0.439 e. The van der Waals surface area contributed by atoms with Gasteiger partial charge in [0, 0.05) is 22.1 Å². The Kier molecular flexibility index (Phi) is 3.27. The maximum atomic E-state index is 6.47.